The van der Waals surface area contributed by atoms with Crippen LogP contribution in [0.25, 0.3) is 0 Å². The second kappa shape index (κ2) is 6.15. The molecule has 9 heteroatoms. The van der Waals surface area contributed by atoms with Crippen molar-refractivity contribution in [3.63, 3.8) is 0 Å². The molecule has 1 aliphatic heterocycles. The summed E-state index contributed by atoms with van der Waals surface area (Å²) < 4.78 is 77.7. The fourth-order valence-electron chi connectivity index (χ4n) is 2.85. The molecule has 0 radical (unpaired) electrons. The van der Waals surface area contributed by atoms with Crippen molar-refractivity contribution in [2.75, 3.05) is 12.8 Å². The van der Waals surface area contributed by atoms with Crippen LogP contribution in [0.2, 0.25) is 0 Å². The topological polar surface area (TPSA) is 71.5 Å². The first-order valence-corrected chi connectivity index (χ1v) is 10.5. The largest absolute Gasteiger partial charge is 0.224 e. The van der Waals surface area contributed by atoms with Gasteiger partial charge in [-0.15, -0.1) is 0 Å². The van der Waals surface area contributed by atoms with Gasteiger partial charge in [0.2, 0.25) is 10.0 Å². The second-order valence-electron chi connectivity index (χ2n) is 5.84. The van der Waals surface area contributed by atoms with Crippen LogP contribution in [0.3, 0.4) is 0 Å². The van der Waals surface area contributed by atoms with Gasteiger partial charge in [0.15, 0.2) is 9.84 Å². The molecule has 0 saturated carbocycles. The van der Waals surface area contributed by atoms with Crippen molar-refractivity contribution in [1.82, 2.24) is 4.31 Å². The lowest BCUT2D eigenvalue weighted by atomic mass is 10.2. The Hall–Kier alpha value is -1.84. The second-order valence-corrected chi connectivity index (χ2v) is 10.1. The average molecular weight is 387 g/mol. The van der Waals surface area contributed by atoms with E-state index in [4.69, 9.17) is 0 Å². The van der Waals surface area contributed by atoms with E-state index in [1.165, 1.54) is 25.2 Å². The van der Waals surface area contributed by atoms with Gasteiger partial charge in [0.05, 0.1) is 10.6 Å². The molecule has 1 aliphatic rings. The molecule has 2 aromatic rings. The molecule has 0 spiro atoms. The maximum Gasteiger partial charge on any atom is 0.222 e. The summed E-state index contributed by atoms with van der Waals surface area (Å²) in [5.41, 5.74) is 0.218. The Balaban J connectivity index is 1.94. The zero-order chi connectivity index (χ0) is 18.4. The fraction of sp³-hybridized carbons (Fsp3) is 0.250. The number of rotatable bonds is 4. The molecule has 1 heterocycles. The molecule has 5 nitrogen and oxygen atoms in total. The van der Waals surface area contributed by atoms with E-state index in [2.05, 4.69) is 0 Å². The molecule has 0 fully saturated rings. The van der Waals surface area contributed by atoms with Crippen molar-refractivity contribution >= 4 is 19.9 Å². The van der Waals surface area contributed by atoms with Crippen LogP contribution in [0.15, 0.2) is 47.4 Å². The Morgan fingerprint density at radius 3 is 2.52 bits per heavy atom. The molecule has 3 rings (SSSR count). The van der Waals surface area contributed by atoms with Gasteiger partial charge < -0.3 is 0 Å². The third-order valence-electron chi connectivity index (χ3n) is 4.17. The van der Waals surface area contributed by atoms with E-state index in [1.807, 2.05) is 0 Å². The molecule has 0 unspecified atom stereocenters. The summed E-state index contributed by atoms with van der Waals surface area (Å²) in [6.45, 7) is -0.326. The van der Waals surface area contributed by atoms with Gasteiger partial charge in [-0.1, -0.05) is 24.3 Å². The standard InChI is InChI=1S/C16H15F2NO4S2/c1-19(9-11-6-7-12(17)8-14(11)18)25(22,23)16-10-24(20,21)15-5-3-2-4-13(15)16/h2-8,16H,9-10H2,1H3/t16-/m0/s1. The maximum atomic E-state index is 13.8. The van der Waals surface area contributed by atoms with E-state index in [-0.39, 0.29) is 22.6 Å². The highest BCUT2D eigenvalue weighted by Gasteiger charge is 2.43. The van der Waals surface area contributed by atoms with Crippen molar-refractivity contribution in [2.24, 2.45) is 0 Å². The summed E-state index contributed by atoms with van der Waals surface area (Å²) in [5.74, 6) is -2.17. The predicted octanol–water partition coefficient (Wildman–Crippen LogP) is 2.26. The summed E-state index contributed by atoms with van der Waals surface area (Å²) in [6, 6.07) is 8.81. The van der Waals surface area contributed by atoms with Gasteiger partial charge >= 0.3 is 0 Å². The molecule has 0 aromatic heterocycles. The van der Waals surface area contributed by atoms with Gasteiger partial charge in [-0.05, 0) is 17.7 Å². The summed E-state index contributed by atoms with van der Waals surface area (Å²) >= 11 is 0. The van der Waals surface area contributed by atoms with Crippen LogP contribution in [0.4, 0.5) is 8.78 Å². The number of hydrogen-bond acceptors (Lipinski definition) is 4. The molecule has 134 valence electrons. The number of nitrogens with zero attached hydrogens (tertiary/aromatic N) is 1. The minimum absolute atomic E-state index is 0.00149. The van der Waals surface area contributed by atoms with Crippen molar-refractivity contribution in [2.45, 2.75) is 16.7 Å². The first-order valence-electron chi connectivity index (χ1n) is 7.34. The highest BCUT2D eigenvalue weighted by Crippen LogP contribution is 2.39. The van der Waals surface area contributed by atoms with E-state index in [0.717, 1.165) is 16.4 Å². The van der Waals surface area contributed by atoms with Crippen LogP contribution in [0.1, 0.15) is 16.4 Å². The number of halogens is 2. The molecular weight excluding hydrogens is 372 g/mol. The van der Waals surface area contributed by atoms with Crippen molar-refractivity contribution in [3.8, 4) is 0 Å². The number of benzene rings is 2. The lowest BCUT2D eigenvalue weighted by Crippen LogP contribution is -2.32. The van der Waals surface area contributed by atoms with Gasteiger partial charge in [-0.25, -0.2) is 25.6 Å². The first-order chi connectivity index (χ1) is 11.6. The predicted molar refractivity (Wildman–Crippen MR) is 88.0 cm³/mol. The molecule has 25 heavy (non-hydrogen) atoms. The van der Waals surface area contributed by atoms with E-state index < -0.39 is 42.5 Å². The zero-order valence-corrected chi connectivity index (χ0v) is 14.8. The summed E-state index contributed by atoms with van der Waals surface area (Å²) in [7, 11) is -6.50. The Labute approximate surface area is 144 Å². The van der Waals surface area contributed by atoms with Gasteiger partial charge in [-0.3, -0.25) is 0 Å². The molecule has 0 N–H and O–H groups in total. The van der Waals surface area contributed by atoms with E-state index in [1.54, 1.807) is 6.07 Å². The SMILES string of the molecule is CN(Cc1ccc(F)cc1F)S(=O)(=O)[C@H]1CS(=O)(=O)c2ccccc21. The Bertz CT molecular complexity index is 1040. The first kappa shape index (κ1) is 18.0. The molecular formula is C16H15F2NO4S2. The van der Waals surface area contributed by atoms with Gasteiger partial charge in [0.1, 0.15) is 16.9 Å². The molecule has 2 aromatic carbocycles. The number of hydrogen-bond donors (Lipinski definition) is 0. The normalized spacial score (nSPS) is 19.1. The van der Waals surface area contributed by atoms with Crippen LogP contribution in [-0.4, -0.2) is 33.9 Å². The highest BCUT2D eigenvalue weighted by molar-refractivity contribution is 7.95. The minimum Gasteiger partial charge on any atom is -0.224 e. The monoisotopic (exact) mass is 387 g/mol. The van der Waals surface area contributed by atoms with Gasteiger partial charge in [0.25, 0.3) is 0 Å². The number of sulfone groups is 1. The van der Waals surface area contributed by atoms with E-state index >= 15 is 0 Å². The van der Waals surface area contributed by atoms with Crippen LogP contribution >= 0.6 is 0 Å². The third kappa shape index (κ3) is 3.19. The van der Waals surface area contributed by atoms with Crippen LogP contribution in [0, 0.1) is 11.6 Å². The quantitative estimate of drug-likeness (QED) is 0.807. The fourth-order valence-corrected chi connectivity index (χ4v) is 7.04. The number of fused-ring (bicyclic) bond motifs is 1. The smallest absolute Gasteiger partial charge is 0.222 e. The molecule has 0 bridgehead atoms. The minimum atomic E-state index is -4.05. The third-order valence-corrected chi connectivity index (χ3v) is 8.34. The summed E-state index contributed by atoms with van der Waals surface area (Å²) in [4.78, 5) is 0.00457. The van der Waals surface area contributed by atoms with Crippen molar-refractivity contribution in [1.29, 1.82) is 0 Å². The summed E-state index contributed by atoms with van der Waals surface area (Å²) in [5, 5.41) is -1.25. The van der Waals surface area contributed by atoms with Gasteiger partial charge in [-0.2, -0.15) is 4.31 Å². The van der Waals surface area contributed by atoms with E-state index in [9.17, 15) is 25.6 Å². The van der Waals surface area contributed by atoms with Crippen molar-refractivity contribution in [3.05, 3.63) is 65.2 Å². The molecule has 0 saturated heterocycles. The molecule has 0 aliphatic carbocycles. The van der Waals surface area contributed by atoms with E-state index in [0.29, 0.717) is 6.07 Å². The maximum absolute atomic E-state index is 13.8. The van der Waals surface area contributed by atoms with Crippen LogP contribution < -0.4 is 0 Å². The van der Waals surface area contributed by atoms with Crippen LogP contribution in [0.5, 0.6) is 0 Å². The Kier molecular flexibility index (Phi) is 4.42. The molecule has 0 amide bonds. The average Bonchev–Trinajstić information content (AvgIpc) is 2.83. The highest BCUT2D eigenvalue weighted by atomic mass is 32.2. The van der Waals surface area contributed by atoms with Crippen LogP contribution in [-0.2, 0) is 26.4 Å². The zero-order valence-electron chi connectivity index (χ0n) is 13.2. The lowest BCUT2D eigenvalue weighted by Gasteiger charge is -2.22. The Morgan fingerprint density at radius 2 is 1.84 bits per heavy atom. The lowest BCUT2D eigenvalue weighted by molar-refractivity contribution is 0.448. The molecule has 1 atom stereocenters. The number of sulfonamides is 1. The van der Waals surface area contributed by atoms with Crippen molar-refractivity contribution < 1.29 is 25.6 Å². The van der Waals surface area contributed by atoms with Gasteiger partial charge in [0, 0.05) is 25.2 Å². The Morgan fingerprint density at radius 1 is 1.16 bits per heavy atom. The summed E-state index contributed by atoms with van der Waals surface area (Å²) in [6.07, 6.45) is 0.